The van der Waals surface area contributed by atoms with E-state index in [0.29, 0.717) is 35.4 Å². The minimum Gasteiger partial charge on any atom is -0.461 e. The molecule has 6 nitrogen and oxygen atoms in total. The van der Waals surface area contributed by atoms with Gasteiger partial charge in [-0.05, 0) is 48.2 Å². The van der Waals surface area contributed by atoms with Crippen molar-refractivity contribution < 1.29 is 9.21 Å². The minimum absolute atomic E-state index is 0.0495. The molecule has 32 heavy (non-hydrogen) atoms. The molecule has 4 rings (SSSR count). The lowest BCUT2D eigenvalue weighted by Crippen LogP contribution is -2.28. The summed E-state index contributed by atoms with van der Waals surface area (Å²) in [5.41, 5.74) is 3.75. The highest BCUT2D eigenvalue weighted by Crippen LogP contribution is 2.31. The summed E-state index contributed by atoms with van der Waals surface area (Å²) in [4.78, 5) is 12.7. The molecule has 0 aliphatic carbocycles. The quantitative estimate of drug-likeness (QED) is 0.361. The van der Waals surface area contributed by atoms with Crippen LogP contribution in [0.5, 0.6) is 0 Å². The molecule has 0 atom stereocenters. The normalized spacial score (nSPS) is 11.1. The second kappa shape index (κ2) is 9.87. The third-order valence-electron chi connectivity index (χ3n) is 5.02. The van der Waals surface area contributed by atoms with E-state index in [1.54, 1.807) is 18.0 Å². The van der Waals surface area contributed by atoms with E-state index < -0.39 is 0 Å². The van der Waals surface area contributed by atoms with Crippen LogP contribution in [0.2, 0.25) is 0 Å². The smallest absolute Gasteiger partial charge is 0.251 e. The molecule has 4 aromatic rings. The van der Waals surface area contributed by atoms with Gasteiger partial charge < -0.3 is 9.73 Å². The molecule has 0 spiro atoms. The second-order valence-corrected chi connectivity index (χ2v) is 8.90. The van der Waals surface area contributed by atoms with Crippen molar-refractivity contribution in [2.24, 2.45) is 5.92 Å². The molecule has 0 unspecified atom stereocenters. The fraction of sp³-hybridized carbons (Fsp3) is 0.240. The molecule has 2 heterocycles. The molecule has 7 heteroatoms. The Morgan fingerprint density at radius 2 is 1.84 bits per heavy atom. The van der Waals surface area contributed by atoms with Crippen molar-refractivity contribution in [1.29, 1.82) is 0 Å². The highest BCUT2D eigenvalue weighted by atomic mass is 32.2. The zero-order valence-electron chi connectivity index (χ0n) is 18.4. The molecule has 2 aromatic heterocycles. The number of carbonyl (C=O) groups excluding carboxylic acids is 1. The van der Waals surface area contributed by atoms with Gasteiger partial charge in [0.1, 0.15) is 0 Å². The van der Waals surface area contributed by atoms with Gasteiger partial charge in [0.25, 0.3) is 5.91 Å². The van der Waals surface area contributed by atoms with E-state index in [4.69, 9.17) is 4.42 Å². The summed E-state index contributed by atoms with van der Waals surface area (Å²) in [5, 5.41) is 12.6. The minimum atomic E-state index is -0.0495. The number of para-hydroxylation sites is 1. The number of nitrogens with zero attached hydrogens (tertiary/aromatic N) is 3. The predicted molar refractivity (Wildman–Crippen MR) is 127 cm³/mol. The van der Waals surface area contributed by atoms with E-state index >= 15 is 0 Å². The van der Waals surface area contributed by atoms with Crippen LogP contribution in [-0.2, 0) is 5.75 Å². The molecule has 164 valence electrons. The number of furan rings is 1. The van der Waals surface area contributed by atoms with Crippen molar-refractivity contribution in [2.45, 2.75) is 31.7 Å². The van der Waals surface area contributed by atoms with Crippen LogP contribution in [0.25, 0.3) is 17.3 Å². The lowest BCUT2D eigenvalue weighted by atomic mass is 10.1. The number of carbonyl (C=O) groups is 1. The number of benzene rings is 2. The number of hydrogen-bond acceptors (Lipinski definition) is 5. The van der Waals surface area contributed by atoms with Crippen LogP contribution in [0.3, 0.4) is 0 Å². The Morgan fingerprint density at radius 1 is 1.06 bits per heavy atom. The van der Waals surface area contributed by atoms with Crippen LogP contribution >= 0.6 is 11.8 Å². The molecule has 0 fully saturated rings. The van der Waals surface area contributed by atoms with Gasteiger partial charge >= 0.3 is 0 Å². The molecule has 2 aromatic carbocycles. The number of aromatic nitrogens is 3. The molecule has 0 saturated heterocycles. The Hall–Kier alpha value is -3.32. The van der Waals surface area contributed by atoms with Gasteiger partial charge in [-0.15, -0.1) is 10.2 Å². The molecular weight excluding hydrogens is 420 g/mol. The van der Waals surface area contributed by atoms with E-state index in [0.717, 1.165) is 22.0 Å². The first kappa shape index (κ1) is 21.9. The second-order valence-electron chi connectivity index (χ2n) is 7.96. The molecule has 0 radical (unpaired) electrons. The van der Waals surface area contributed by atoms with Crippen LogP contribution in [0.15, 0.2) is 76.5 Å². The van der Waals surface area contributed by atoms with Gasteiger partial charge in [0.05, 0.1) is 12.0 Å². The average Bonchev–Trinajstić information content (AvgIpc) is 3.46. The summed E-state index contributed by atoms with van der Waals surface area (Å²) in [7, 11) is 0. The molecule has 0 aliphatic rings. The highest BCUT2D eigenvalue weighted by molar-refractivity contribution is 7.98. The Morgan fingerprint density at radius 3 is 2.59 bits per heavy atom. The van der Waals surface area contributed by atoms with Gasteiger partial charge in [0.15, 0.2) is 10.9 Å². The summed E-state index contributed by atoms with van der Waals surface area (Å²) in [5.74, 6) is 2.24. The first-order valence-corrected chi connectivity index (χ1v) is 11.6. The predicted octanol–water partition coefficient (Wildman–Crippen LogP) is 5.51. The zero-order valence-corrected chi connectivity index (χ0v) is 19.2. The molecule has 0 bridgehead atoms. The molecular formula is C25H26N4O2S. The Balaban J connectivity index is 1.64. The van der Waals surface area contributed by atoms with Crippen LogP contribution in [-0.4, -0.2) is 27.2 Å². The average molecular weight is 447 g/mol. The van der Waals surface area contributed by atoms with E-state index in [9.17, 15) is 4.79 Å². The maximum Gasteiger partial charge on any atom is 0.251 e. The molecule has 0 aliphatic heterocycles. The molecule has 1 N–H and O–H groups in total. The number of thioether (sulfide) groups is 1. The first-order chi connectivity index (χ1) is 15.5. The summed E-state index contributed by atoms with van der Waals surface area (Å²) in [6.07, 6.45) is 1.63. The summed E-state index contributed by atoms with van der Waals surface area (Å²) in [6, 6.07) is 19.5. The van der Waals surface area contributed by atoms with Gasteiger partial charge in [-0.2, -0.15) is 0 Å². The Kier molecular flexibility index (Phi) is 6.75. The van der Waals surface area contributed by atoms with Crippen LogP contribution in [0.4, 0.5) is 0 Å². The Bertz CT molecular complexity index is 1200. The van der Waals surface area contributed by atoms with Crippen LogP contribution < -0.4 is 5.32 Å². The fourth-order valence-corrected chi connectivity index (χ4v) is 4.31. The first-order valence-electron chi connectivity index (χ1n) is 10.6. The third kappa shape index (κ3) is 4.78. The van der Waals surface area contributed by atoms with E-state index in [1.807, 2.05) is 59.2 Å². The number of nitrogens with one attached hydrogen (secondary N) is 1. The van der Waals surface area contributed by atoms with Gasteiger partial charge in [-0.3, -0.25) is 9.36 Å². The highest BCUT2D eigenvalue weighted by Gasteiger charge is 2.20. The van der Waals surface area contributed by atoms with Crippen molar-refractivity contribution in [1.82, 2.24) is 20.1 Å². The Labute approximate surface area is 192 Å². The van der Waals surface area contributed by atoms with Gasteiger partial charge in [-0.25, -0.2) is 0 Å². The maximum atomic E-state index is 12.7. The molecule has 1 amide bonds. The largest absolute Gasteiger partial charge is 0.461 e. The number of rotatable bonds is 8. The van der Waals surface area contributed by atoms with Gasteiger partial charge in [0.2, 0.25) is 5.82 Å². The third-order valence-corrected chi connectivity index (χ3v) is 6.00. The topological polar surface area (TPSA) is 73.0 Å². The monoisotopic (exact) mass is 446 g/mol. The van der Waals surface area contributed by atoms with Crippen LogP contribution in [0.1, 0.15) is 35.3 Å². The lowest BCUT2D eigenvalue weighted by Gasteiger charge is -2.13. The summed E-state index contributed by atoms with van der Waals surface area (Å²) in [6.45, 7) is 6.87. The van der Waals surface area contributed by atoms with Crippen molar-refractivity contribution in [3.8, 4) is 17.3 Å². The molecule has 0 saturated carbocycles. The summed E-state index contributed by atoms with van der Waals surface area (Å²) < 4.78 is 7.62. The SMILES string of the molecule is Cc1ccccc1-n1c(SCc2ccccc2C(=O)NCC(C)C)nnc1-c1ccco1. The van der Waals surface area contributed by atoms with Gasteiger partial charge in [0, 0.05) is 17.9 Å². The van der Waals surface area contributed by atoms with Crippen molar-refractivity contribution in [2.75, 3.05) is 6.54 Å². The number of amides is 1. The van der Waals surface area contributed by atoms with Crippen molar-refractivity contribution in [3.05, 3.63) is 83.6 Å². The zero-order chi connectivity index (χ0) is 22.5. The van der Waals surface area contributed by atoms with Crippen molar-refractivity contribution in [3.63, 3.8) is 0 Å². The van der Waals surface area contributed by atoms with Crippen LogP contribution in [0, 0.1) is 12.8 Å². The number of aryl methyl sites for hydroxylation is 1. The van der Waals surface area contributed by atoms with E-state index in [2.05, 4.69) is 42.4 Å². The standard InChI is InChI=1S/C25H26N4O2S/c1-17(2)15-26-24(30)20-11-6-5-10-19(20)16-32-25-28-27-23(22-13-8-14-31-22)29(25)21-12-7-4-9-18(21)3/h4-14,17H,15-16H2,1-3H3,(H,26,30). The van der Waals surface area contributed by atoms with E-state index in [-0.39, 0.29) is 5.91 Å². The van der Waals surface area contributed by atoms with Gasteiger partial charge in [-0.1, -0.05) is 62.0 Å². The number of hydrogen-bond donors (Lipinski definition) is 1. The summed E-state index contributed by atoms with van der Waals surface area (Å²) >= 11 is 1.55. The van der Waals surface area contributed by atoms with E-state index in [1.165, 1.54) is 0 Å². The fourth-order valence-electron chi connectivity index (χ4n) is 3.36. The van der Waals surface area contributed by atoms with Crippen molar-refractivity contribution >= 4 is 17.7 Å². The maximum absolute atomic E-state index is 12.7. The lowest BCUT2D eigenvalue weighted by molar-refractivity contribution is 0.0948.